The van der Waals surface area contributed by atoms with Crippen LogP contribution in [0.15, 0.2) is 23.6 Å². The van der Waals surface area contributed by atoms with Crippen molar-refractivity contribution in [1.82, 2.24) is 4.98 Å². The van der Waals surface area contributed by atoms with E-state index in [0.717, 1.165) is 17.0 Å². The fraction of sp³-hybridized carbons (Fsp3) is 0.357. The fourth-order valence-corrected chi connectivity index (χ4v) is 2.39. The van der Waals surface area contributed by atoms with E-state index in [-0.39, 0.29) is 0 Å². The molecular weight excluding hydrogens is 246 g/mol. The monoisotopic (exact) mass is 263 g/mol. The highest BCUT2D eigenvalue weighted by atomic mass is 32.1. The van der Waals surface area contributed by atoms with E-state index in [4.69, 9.17) is 9.47 Å². The first kappa shape index (κ1) is 12.9. The maximum Gasteiger partial charge on any atom is 0.273 e. The van der Waals surface area contributed by atoms with Gasteiger partial charge in [-0.15, -0.1) is 0 Å². The van der Waals surface area contributed by atoms with E-state index in [9.17, 15) is 0 Å². The molecule has 0 saturated heterocycles. The number of thiazole rings is 1. The van der Waals surface area contributed by atoms with Gasteiger partial charge in [0.25, 0.3) is 5.19 Å². The summed E-state index contributed by atoms with van der Waals surface area (Å²) in [7, 11) is 3.31. The molecule has 18 heavy (non-hydrogen) atoms. The number of methoxy groups -OCH3 is 2. The molecule has 0 amide bonds. The summed E-state index contributed by atoms with van der Waals surface area (Å²) in [6, 6.07) is 6.25. The van der Waals surface area contributed by atoms with Gasteiger partial charge in [-0.2, -0.15) is 0 Å². The number of nitrogens with zero attached hydrogens (tertiary/aromatic N) is 1. The topological polar surface area (TPSA) is 31.4 Å². The molecule has 0 unspecified atom stereocenters. The Hall–Kier alpha value is -1.55. The van der Waals surface area contributed by atoms with Gasteiger partial charge in [0.1, 0.15) is 5.75 Å². The highest BCUT2D eigenvalue weighted by Gasteiger charge is 2.12. The molecule has 1 aromatic carbocycles. The third-order valence-corrected chi connectivity index (χ3v) is 3.63. The van der Waals surface area contributed by atoms with Crippen molar-refractivity contribution in [2.45, 2.75) is 19.8 Å². The number of hydrogen-bond acceptors (Lipinski definition) is 4. The predicted octanol–water partition coefficient (Wildman–Crippen LogP) is 3.95. The average molecular weight is 263 g/mol. The Balaban J connectivity index is 2.44. The van der Waals surface area contributed by atoms with E-state index in [2.05, 4.69) is 37.0 Å². The van der Waals surface area contributed by atoms with Crippen molar-refractivity contribution in [1.29, 1.82) is 0 Å². The molecule has 2 rings (SSSR count). The van der Waals surface area contributed by atoms with Crippen LogP contribution in [0, 0.1) is 0 Å². The largest absolute Gasteiger partial charge is 0.496 e. The van der Waals surface area contributed by atoms with E-state index in [1.165, 1.54) is 16.9 Å². The van der Waals surface area contributed by atoms with Crippen LogP contribution in [0.5, 0.6) is 10.9 Å². The minimum atomic E-state index is 0.484. The first-order valence-electron chi connectivity index (χ1n) is 5.83. The van der Waals surface area contributed by atoms with Crippen molar-refractivity contribution >= 4 is 11.3 Å². The van der Waals surface area contributed by atoms with Crippen molar-refractivity contribution in [2.24, 2.45) is 0 Å². The van der Waals surface area contributed by atoms with Crippen LogP contribution in [0.3, 0.4) is 0 Å². The van der Waals surface area contributed by atoms with Crippen LogP contribution in [0.2, 0.25) is 0 Å². The molecule has 0 aliphatic heterocycles. The first-order chi connectivity index (χ1) is 8.65. The van der Waals surface area contributed by atoms with Crippen molar-refractivity contribution in [2.75, 3.05) is 14.2 Å². The van der Waals surface area contributed by atoms with Crippen molar-refractivity contribution in [3.05, 3.63) is 29.1 Å². The van der Waals surface area contributed by atoms with Gasteiger partial charge in [0.15, 0.2) is 0 Å². The van der Waals surface area contributed by atoms with E-state index in [1.807, 2.05) is 5.38 Å². The molecule has 1 aromatic heterocycles. The molecule has 4 heteroatoms. The summed E-state index contributed by atoms with van der Waals surface area (Å²) in [5.41, 5.74) is 3.16. The van der Waals surface area contributed by atoms with Crippen molar-refractivity contribution in [3.8, 4) is 22.2 Å². The molecule has 0 saturated carbocycles. The van der Waals surface area contributed by atoms with Gasteiger partial charge in [-0.25, -0.2) is 4.98 Å². The molecule has 0 atom stereocenters. The summed E-state index contributed by atoms with van der Waals surface area (Å²) in [6.45, 7) is 4.33. The third-order valence-electron chi connectivity index (χ3n) is 2.83. The number of aromatic nitrogens is 1. The number of rotatable bonds is 4. The Morgan fingerprint density at radius 3 is 2.50 bits per heavy atom. The standard InChI is InChI=1S/C14H17NO2S/c1-9(2)10-5-6-11(13(7-10)16-3)12-8-18-14(15-12)17-4/h5-9H,1-4H3. The molecule has 1 heterocycles. The van der Waals surface area contributed by atoms with E-state index in [1.54, 1.807) is 14.2 Å². The minimum Gasteiger partial charge on any atom is -0.496 e. The summed E-state index contributed by atoms with van der Waals surface area (Å²) < 4.78 is 10.6. The zero-order chi connectivity index (χ0) is 13.1. The van der Waals surface area contributed by atoms with Gasteiger partial charge in [-0.3, -0.25) is 0 Å². The maximum atomic E-state index is 5.46. The lowest BCUT2D eigenvalue weighted by Gasteiger charge is -2.11. The Bertz CT molecular complexity index is 534. The molecule has 0 aliphatic rings. The molecule has 0 radical (unpaired) electrons. The Morgan fingerprint density at radius 1 is 1.17 bits per heavy atom. The van der Waals surface area contributed by atoms with Crippen LogP contribution in [-0.2, 0) is 0 Å². The number of hydrogen-bond donors (Lipinski definition) is 0. The van der Waals surface area contributed by atoms with E-state index < -0.39 is 0 Å². The van der Waals surface area contributed by atoms with Gasteiger partial charge >= 0.3 is 0 Å². The Labute approximate surface area is 111 Å². The summed E-state index contributed by atoms with van der Waals surface area (Å²) in [4.78, 5) is 4.40. The fourth-order valence-electron chi connectivity index (χ4n) is 1.75. The normalized spacial score (nSPS) is 10.7. The molecule has 0 N–H and O–H groups in total. The predicted molar refractivity (Wildman–Crippen MR) is 74.7 cm³/mol. The average Bonchev–Trinajstić information content (AvgIpc) is 2.86. The zero-order valence-corrected chi connectivity index (χ0v) is 11.9. The highest BCUT2D eigenvalue weighted by molar-refractivity contribution is 7.11. The molecular formula is C14H17NO2S. The molecule has 3 nitrogen and oxygen atoms in total. The van der Waals surface area contributed by atoms with Crippen LogP contribution in [0.4, 0.5) is 0 Å². The lowest BCUT2D eigenvalue weighted by Crippen LogP contribution is -1.93. The molecule has 2 aromatic rings. The number of ether oxygens (including phenoxy) is 2. The van der Waals surface area contributed by atoms with Crippen LogP contribution < -0.4 is 9.47 Å². The smallest absolute Gasteiger partial charge is 0.273 e. The summed E-state index contributed by atoms with van der Waals surface area (Å²) in [6.07, 6.45) is 0. The summed E-state index contributed by atoms with van der Waals surface area (Å²) >= 11 is 1.49. The molecule has 0 bridgehead atoms. The lowest BCUT2D eigenvalue weighted by atomic mass is 10.00. The second-order valence-electron chi connectivity index (χ2n) is 4.32. The van der Waals surface area contributed by atoms with E-state index in [0.29, 0.717) is 11.1 Å². The molecule has 96 valence electrons. The molecule has 0 aliphatic carbocycles. The summed E-state index contributed by atoms with van der Waals surface area (Å²) in [5, 5.41) is 2.64. The van der Waals surface area contributed by atoms with Crippen LogP contribution in [0.1, 0.15) is 25.3 Å². The minimum absolute atomic E-state index is 0.484. The van der Waals surface area contributed by atoms with Crippen LogP contribution >= 0.6 is 11.3 Å². The zero-order valence-electron chi connectivity index (χ0n) is 11.1. The number of benzene rings is 1. The van der Waals surface area contributed by atoms with Gasteiger partial charge in [0.05, 0.1) is 19.9 Å². The van der Waals surface area contributed by atoms with E-state index >= 15 is 0 Å². The second-order valence-corrected chi connectivity index (χ2v) is 5.14. The van der Waals surface area contributed by atoms with Gasteiger partial charge in [-0.05, 0) is 23.6 Å². The van der Waals surface area contributed by atoms with Gasteiger partial charge in [-0.1, -0.05) is 31.3 Å². The van der Waals surface area contributed by atoms with Crippen molar-refractivity contribution < 1.29 is 9.47 Å². The maximum absolute atomic E-state index is 5.46. The molecule has 0 fully saturated rings. The van der Waals surface area contributed by atoms with Crippen LogP contribution in [0.25, 0.3) is 11.3 Å². The Morgan fingerprint density at radius 2 is 1.94 bits per heavy atom. The van der Waals surface area contributed by atoms with Crippen LogP contribution in [-0.4, -0.2) is 19.2 Å². The highest BCUT2D eigenvalue weighted by Crippen LogP contribution is 2.34. The first-order valence-corrected chi connectivity index (χ1v) is 6.71. The lowest BCUT2D eigenvalue weighted by molar-refractivity contribution is 0.410. The Kier molecular flexibility index (Phi) is 3.87. The quantitative estimate of drug-likeness (QED) is 0.837. The van der Waals surface area contributed by atoms with Gasteiger partial charge < -0.3 is 9.47 Å². The second kappa shape index (κ2) is 5.40. The SMILES string of the molecule is COc1nc(-c2ccc(C(C)C)cc2OC)cs1. The molecule has 0 spiro atoms. The summed E-state index contributed by atoms with van der Waals surface area (Å²) in [5.74, 6) is 1.34. The third kappa shape index (κ3) is 2.48. The van der Waals surface area contributed by atoms with Gasteiger partial charge in [0.2, 0.25) is 0 Å². The van der Waals surface area contributed by atoms with Crippen molar-refractivity contribution in [3.63, 3.8) is 0 Å². The van der Waals surface area contributed by atoms with Gasteiger partial charge in [0, 0.05) is 10.9 Å².